The molecular formula is C13H21N3. The Hall–Kier alpha value is -0.960. The maximum atomic E-state index is 6.29. The van der Waals surface area contributed by atoms with Crippen LogP contribution in [0.25, 0.3) is 0 Å². The highest BCUT2D eigenvalue weighted by molar-refractivity contribution is 5.06. The molecule has 2 rings (SSSR count). The third-order valence-electron chi connectivity index (χ3n) is 4.09. The van der Waals surface area contributed by atoms with Gasteiger partial charge in [-0.15, -0.1) is 0 Å². The summed E-state index contributed by atoms with van der Waals surface area (Å²) in [5.74, 6) is 2.21. The van der Waals surface area contributed by atoms with Gasteiger partial charge in [-0.25, -0.2) is 9.97 Å². The lowest BCUT2D eigenvalue weighted by Gasteiger charge is -2.34. The van der Waals surface area contributed by atoms with Gasteiger partial charge in [0.15, 0.2) is 0 Å². The highest BCUT2D eigenvalue weighted by Gasteiger charge is 2.29. The van der Waals surface area contributed by atoms with Crippen molar-refractivity contribution in [3.63, 3.8) is 0 Å². The molecular weight excluding hydrogens is 198 g/mol. The first-order chi connectivity index (χ1) is 7.68. The van der Waals surface area contributed by atoms with Gasteiger partial charge in [-0.3, -0.25) is 0 Å². The largest absolute Gasteiger partial charge is 0.322 e. The van der Waals surface area contributed by atoms with Gasteiger partial charge in [0.1, 0.15) is 6.33 Å². The molecule has 0 amide bonds. The maximum absolute atomic E-state index is 6.29. The number of hydrogen-bond acceptors (Lipinski definition) is 3. The van der Waals surface area contributed by atoms with Crippen molar-refractivity contribution in [3.05, 3.63) is 24.3 Å². The van der Waals surface area contributed by atoms with Crippen LogP contribution in [0.2, 0.25) is 0 Å². The molecule has 2 N–H and O–H groups in total. The fraction of sp³-hybridized carbons (Fsp3) is 0.692. The second kappa shape index (κ2) is 4.91. The predicted molar refractivity (Wildman–Crippen MR) is 64.6 cm³/mol. The molecule has 1 aromatic rings. The topological polar surface area (TPSA) is 51.8 Å². The lowest BCUT2D eigenvalue weighted by Crippen LogP contribution is -2.29. The molecule has 4 atom stereocenters. The molecule has 0 bridgehead atoms. The van der Waals surface area contributed by atoms with E-state index in [1.807, 2.05) is 6.07 Å². The summed E-state index contributed by atoms with van der Waals surface area (Å²) in [7, 11) is 0. The van der Waals surface area contributed by atoms with Crippen LogP contribution in [-0.4, -0.2) is 9.97 Å². The number of hydrogen-bond donors (Lipinski definition) is 1. The third kappa shape index (κ3) is 2.40. The fourth-order valence-electron chi connectivity index (χ4n) is 2.65. The highest BCUT2D eigenvalue weighted by Crippen LogP contribution is 2.38. The Morgan fingerprint density at radius 3 is 2.75 bits per heavy atom. The number of rotatable bonds is 2. The normalized spacial score (nSPS) is 32.3. The van der Waals surface area contributed by atoms with Crippen molar-refractivity contribution in [2.75, 3.05) is 0 Å². The molecule has 88 valence electrons. The molecule has 0 aromatic carbocycles. The molecule has 1 fully saturated rings. The van der Waals surface area contributed by atoms with Crippen LogP contribution in [0.5, 0.6) is 0 Å². The molecule has 3 heteroatoms. The summed E-state index contributed by atoms with van der Waals surface area (Å²) in [4.78, 5) is 8.20. The number of nitrogens with two attached hydrogens (primary N) is 1. The smallest absolute Gasteiger partial charge is 0.115 e. The van der Waals surface area contributed by atoms with Crippen LogP contribution in [0.4, 0.5) is 0 Å². The average molecular weight is 219 g/mol. The summed E-state index contributed by atoms with van der Waals surface area (Å²) < 4.78 is 0. The van der Waals surface area contributed by atoms with E-state index < -0.39 is 0 Å². The summed E-state index contributed by atoms with van der Waals surface area (Å²) in [6, 6.07) is 2.02. The minimum absolute atomic E-state index is 0.0814. The van der Waals surface area contributed by atoms with E-state index in [4.69, 9.17) is 5.73 Å². The van der Waals surface area contributed by atoms with Crippen molar-refractivity contribution in [1.82, 2.24) is 9.97 Å². The summed E-state index contributed by atoms with van der Waals surface area (Å²) in [5.41, 5.74) is 7.27. The average Bonchev–Trinajstić information content (AvgIpc) is 2.33. The lowest BCUT2D eigenvalue weighted by molar-refractivity contribution is 0.184. The quantitative estimate of drug-likeness (QED) is 0.831. The molecule has 16 heavy (non-hydrogen) atoms. The Bertz CT molecular complexity index is 325. The van der Waals surface area contributed by atoms with E-state index in [1.54, 1.807) is 12.5 Å². The van der Waals surface area contributed by atoms with Crippen LogP contribution in [0.3, 0.4) is 0 Å². The van der Waals surface area contributed by atoms with Crippen molar-refractivity contribution in [3.8, 4) is 0 Å². The molecule has 1 aliphatic rings. The van der Waals surface area contributed by atoms with Crippen LogP contribution >= 0.6 is 0 Å². The molecule has 4 unspecified atom stereocenters. The second-order valence-electron chi connectivity index (χ2n) is 5.19. The summed E-state index contributed by atoms with van der Waals surface area (Å²) in [6.45, 7) is 4.68. The molecule has 1 heterocycles. The van der Waals surface area contributed by atoms with E-state index in [9.17, 15) is 0 Å². The minimum atomic E-state index is 0.0814. The number of nitrogens with zero attached hydrogens (tertiary/aromatic N) is 2. The van der Waals surface area contributed by atoms with E-state index >= 15 is 0 Å². The van der Waals surface area contributed by atoms with Crippen molar-refractivity contribution in [2.24, 2.45) is 23.5 Å². The molecule has 1 aromatic heterocycles. The van der Waals surface area contributed by atoms with Crippen LogP contribution in [-0.2, 0) is 0 Å². The standard InChI is InChI=1S/C13H21N3/c1-9-3-4-11(7-10(9)2)13(14)12-5-6-15-8-16-12/h5-6,8-11,13H,3-4,7,14H2,1-2H3. The zero-order chi connectivity index (χ0) is 11.5. The zero-order valence-corrected chi connectivity index (χ0v) is 10.1. The maximum Gasteiger partial charge on any atom is 0.115 e. The van der Waals surface area contributed by atoms with Gasteiger partial charge in [0.25, 0.3) is 0 Å². The van der Waals surface area contributed by atoms with E-state index in [2.05, 4.69) is 23.8 Å². The molecule has 1 saturated carbocycles. The van der Waals surface area contributed by atoms with E-state index in [-0.39, 0.29) is 6.04 Å². The summed E-state index contributed by atoms with van der Waals surface area (Å²) in [5, 5.41) is 0. The minimum Gasteiger partial charge on any atom is -0.322 e. The third-order valence-corrected chi connectivity index (χ3v) is 4.09. The van der Waals surface area contributed by atoms with Gasteiger partial charge in [0, 0.05) is 12.2 Å². The molecule has 1 aliphatic carbocycles. The number of aromatic nitrogens is 2. The molecule has 0 saturated heterocycles. The van der Waals surface area contributed by atoms with Crippen LogP contribution in [0, 0.1) is 17.8 Å². The first kappa shape index (κ1) is 11.5. The molecule has 0 aliphatic heterocycles. The van der Waals surface area contributed by atoms with Crippen LogP contribution < -0.4 is 5.73 Å². The SMILES string of the molecule is CC1CCC(C(N)c2ccncn2)CC1C. The van der Waals surface area contributed by atoms with Gasteiger partial charge < -0.3 is 5.73 Å². The van der Waals surface area contributed by atoms with Gasteiger partial charge >= 0.3 is 0 Å². The summed E-state index contributed by atoms with van der Waals surface area (Å²) in [6.07, 6.45) is 7.12. The molecule has 3 nitrogen and oxygen atoms in total. The Kier molecular flexibility index (Phi) is 3.54. The van der Waals surface area contributed by atoms with Crippen molar-refractivity contribution in [1.29, 1.82) is 0 Å². The van der Waals surface area contributed by atoms with Crippen molar-refractivity contribution in [2.45, 2.75) is 39.2 Å². The summed E-state index contributed by atoms with van der Waals surface area (Å²) >= 11 is 0. The van der Waals surface area contributed by atoms with Crippen LogP contribution in [0.1, 0.15) is 44.8 Å². The first-order valence-corrected chi connectivity index (χ1v) is 6.20. The van der Waals surface area contributed by atoms with E-state index in [0.717, 1.165) is 17.5 Å². The Balaban J connectivity index is 2.03. The van der Waals surface area contributed by atoms with Gasteiger partial charge in [-0.1, -0.05) is 20.3 Å². The van der Waals surface area contributed by atoms with Crippen molar-refractivity contribution < 1.29 is 0 Å². The Labute approximate surface area is 97.5 Å². The fourth-order valence-corrected chi connectivity index (χ4v) is 2.65. The first-order valence-electron chi connectivity index (χ1n) is 6.20. The van der Waals surface area contributed by atoms with E-state index in [1.165, 1.54) is 19.3 Å². The Morgan fingerprint density at radius 1 is 1.31 bits per heavy atom. The van der Waals surface area contributed by atoms with Gasteiger partial charge in [0.2, 0.25) is 0 Å². The predicted octanol–water partition coefficient (Wildman–Crippen LogP) is 2.55. The second-order valence-corrected chi connectivity index (χ2v) is 5.19. The highest BCUT2D eigenvalue weighted by atomic mass is 14.9. The van der Waals surface area contributed by atoms with Crippen molar-refractivity contribution >= 4 is 0 Å². The van der Waals surface area contributed by atoms with Crippen LogP contribution in [0.15, 0.2) is 18.6 Å². The van der Waals surface area contributed by atoms with Gasteiger partial charge in [-0.2, -0.15) is 0 Å². The zero-order valence-electron chi connectivity index (χ0n) is 10.1. The molecule has 0 spiro atoms. The Morgan fingerprint density at radius 2 is 2.12 bits per heavy atom. The molecule has 0 radical (unpaired) electrons. The van der Waals surface area contributed by atoms with Gasteiger partial charge in [-0.05, 0) is 36.7 Å². The van der Waals surface area contributed by atoms with E-state index in [0.29, 0.717) is 5.92 Å². The van der Waals surface area contributed by atoms with Gasteiger partial charge in [0.05, 0.1) is 5.69 Å². The monoisotopic (exact) mass is 219 g/mol. The lowest BCUT2D eigenvalue weighted by atomic mass is 9.73.